The molecule has 2 aromatic rings. The third-order valence-corrected chi connectivity index (χ3v) is 2.11. The highest BCUT2D eigenvalue weighted by Gasteiger charge is 2.14. The van der Waals surface area contributed by atoms with Crippen LogP contribution in [0.25, 0.3) is 0 Å². The van der Waals surface area contributed by atoms with Crippen LogP contribution >= 0.6 is 0 Å². The lowest BCUT2D eigenvalue weighted by atomic mass is 10.2. The molecule has 0 aliphatic rings. The third kappa shape index (κ3) is 2.31. The molecular weight excluding hydrogens is 206 g/mol. The molecule has 16 heavy (non-hydrogen) atoms. The van der Waals surface area contributed by atoms with Gasteiger partial charge in [-0.3, -0.25) is 0 Å². The number of ether oxygens (including phenoxy) is 1. The Hall–Kier alpha value is -2.04. The summed E-state index contributed by atoms with van der Waals surface area (Å²) >= 11 is 0. The number of aromatic nitrogens is 2. The lowest BCUT2D eigenvalue weighted by Gasteiger charge is -2.10. The van der Waals surface area contributed by atoms with Crippen molar-refractivity contribution in [3.8, 4) is 5.75 Å². The second-order valence-electron chi connectivity index (χ2n) is 3.56. The van der Waals surface area contributed by atoms with E-state index in [0.717, 1.165) is 11.3 Å². The molecule has 0 bridgehead atoms. The molecule has 1 heterocycles. The Labute approximate surface area is 93.2 Å². The van der Waals surface area contributed by atoms with Gasteiger partial charge in [0.2, 0.25) is 0 Å². The van der Waals surface area contributed by atoms with Gasteiger partial charge in [-0.15, -0.1) is 5.10 Å². The van der Waals surface area contributed by atoms with Crippen LogP contribution in [0, 0.1) is 6.92 Å². The van der Waals surface area contributed by atoms with Crippen molar-refractivity contribution < 1.29 is 9.15 Å². The molecule has 0 spiro atoms. The van der Waals surface area contributed by atoms with Crippen LogP contribution in [0.5, 0.6) is 5.75 Å². The van der Waals surface area contributed by atoms with Gasteiger partial charge in [0.25, 0.3) is 5.89 Å². The summed E-state index contributed by atoms with van der Waals surface area (Å²) in [5.74, 6) is 1.14. The number of benzene rings is 1. The number of hydrogen-bond acceptors (Lipinski definition) is 5. The van der Waals surface area contributed by atoms with Gasteiger partial charge in [0, 0.05) is 0 Å². The molecule has 0 aliphatic carbocycles. The molecular formula is C11H13N3O2. The minimum absolute atomic E-state index is 0.0506. The van der Waals surface area contributed by atoms with Crippen molar-refractivity contribution in [3.05, 3.63) is 35.7 Å². The van der Waals surface area contributed by atoms with Crippen LogP contribution in [-0.4, -0.2) is 10.2 Å². The van der Waals surface area contributed by atoms with E-state index < -0.39 is 0 Å². The minimum Gasteiger partial charge on any atom is -0.481 e. The zero-order valence-corrected chi connectivity index (χ0v) is 9.18. The Balaban J connectivity index is 2.10. The second-order valence-corrected chi connectivity index (χ2v) is 3.56. The topological polar surface area (TPSA) is 74.2 Å². The lowest BCUT2D eigenvalue weighted by Crippen LogP contribution is -2.03. The average Bonchev–Trinajstić information content (AvgIpc) is 2.65. The number of rotatable bonds is 3. The van der Waals surface area contributed by atoms with Crippen molar-refractivity contribution >= 4 is 6.01 Å². The van der Waals surface area contributed by atoms with Gasteiger partial charge in [-0.1, -0.05) is 17.2 Å². The van der Waals surface area contributed by atoms with Crippen molar-refractivity contribution in [2.24, 2.45) is 0 Å². The maximum Gasteiger partial charge on any atom is 0.312 e. The first kappa shape index (κ1) is 10.5. The first-order chi connectivity index (χ1) is 7.65. The highest BCUT2D eigenvalue weighted by atomic mass is 16.5. The molecule has 84 valence electrons. The largest absolute Gasteiger partial charge is 0.481 e. The first-order valence-corrected chi connectivity index (χ1v) is 4.97. The van der Waals surface area contributed by atoms with E-state index in [0.29, 0.717) is 5.89 Å². The second kappa shape index (κ2) is 4.22. The van der Waals surface area contributed by atoms with E-state index in [2.05, 4.69) is 10.2 Å². The van der Waals surface area contributed by atoms with Crippen molar-refractivity contribution in [3.63, 3.8) is 0 Å². The van der Waals surface area contributed by atoms with Gasteiger partial charge in [0.15, 0.2) is 6.10 Å². The molecule has 0 saturated carbocycles. The van der Waals surface area contributed by atoms with E-state index in [4.69, 9.17) is 14.9 Å². The summed E-state index contributed by atoms with van der Waals surface area (Å²) in [7, 11) is 0. The Bertz CT molecular complexity index is 482. The Morgan fingerprint density at radius 3 is 2.81 bits per heavy atom. The predicted octanol–water partition coefficient (Wildman–Crippen LogP) is 2.10. The summed E-state index contributed by atoms with van der Waals surface area (Å²) in [6.07, 6.45) is -0.313. The standard InChI is InChI=1S/C11H13N3O2/c1-7-4-3-5-9(6-7)15-8(2)10-13-14-11(12)16-10/h3-6,8H,1-2H3,(H2,12,14). The SMILES string of the molecule is Cc1cccc(OC(C)c2nnc(N)o2)c1. The molecule has 0 saturated heterocycles. The Morgan fingerprint density at radius 1 is 1.38 bits per heavy atom. The molecule has 1 atom stereocenters. The van der Waals surface area contributed by atoms with Gasteiger partial charge in [0.05, 0.1) is 0 Å². The van der Waals surface area contributed by atoms with Crippen LogP contribution in [0.2, 0.25) is 0 Å². The molecule has 1 aromatic carbocycles. The smallest absolute Gasteiger partial charge is 0.312 e. The van der Waals surface area contributed by atoms with Crippen LogP contribution in [-0.2, 0) is 0 Å². The van der Waals surface area contributed by atoms with Crippen molar-refractivity contribution in [1.29, 1.82) is 0 Å². The van der Waals surface area contributed by atoms with E-state index in [1.807, 2.05) is 38.1 Å². The maximum atomic E-state index is 5.64. The highest BCUT2D eigenvalue weighted by molar-refractivity contribution is 5.27. The molecule has 1 aromatic heterocycles. The molecule has 2 N–H and O–H groups in total. The third-order valence-electron chi connectivity index (χ3n) is 2.11. The molecule has 5 nitrogen and oxygen atoms in total. The van der Waals surface area contributed by atoms with Gasteiger partial charge >= 0.3 is 6.01 Å². The molecule has 0 fully saturated rings. The quantitative estimate of drug-likeness (QED) is 0.855. The summed E-state index contributed by atoms with van der Waals surface area (Å²) in [5.41, 5.74) is 6.47. The van der Waals surface area contributed by atoms with Crippen LogP contribution in [0.15, 0.2) is 28.7 Å². The van der Waals surface area contributed by atoms with E-state index >= 15 is 0 Å². The zero-order chi connectivity index (χ0) is 11.5. The van der Waals surface area contributed by atoms with E-state index in [9.17, 15) is 0 Å². The molecule has 0 radical (unpaired) electrons. The predicted molar refractivity (Wildman–Crippen MR) is 58.9 cm³/mol. The van der Waals surface area contributed by atoms with Gasteiger partial charge in [-0.25, -0.2) is 0 Å². The molecule has 2 rings (SSSR count). The molecule has 5 heteroatoms. The lowest BCUT2D eigenvalue weighted by molar-refractivity contribution is 0.190. The summed E-state index contributed by atoms with van der Waals surface area (Å²) in [5, 5.41) is 7.35. The highest BCUT2D eigenvalue weighted by Crippen LogP contribution is 2.21. The summed E-state index contributed by atoms with van der Waals surface area (Å²) in [6.45, 7) is 3.83. The average molecular weight is 219 g/mol. The van der Waals surface area contributed by atoms with Gasteiger partial charge in [-0.2, -0.15) is 0 Å². The Kier molecular flexibility index (Phi) is 2.76. The van der Waals surface area contributed by atoms with Crippen LogP contribution in [0.1, 0.15) is 24.5 Å². The first-order valence-electron chi connectivity index (χ1n) is 4.97. The van der Waals surface area contributed by atoms with Gasteiger partial charge in [0.1, 0.15) is 5.75 Å². The molecule has 1 unspecified atom stereocenters. The van der Waals surface area contributed by atoms with Crippen LogP contribution < -0.4 is 10.5 Å². The van der Waals surface area contributed by atoms with Crippen LogP contribution in [0.4, 0.5) is 6.01 Å². The van der Waals surface area contributed by atoms with Crippen molar-refractivity contribution in [2.45, 2.75) is 20.0 Å². The normalized spacial score (nSPS) is 12.4. The number of nitrogens with zero attached hydrogens (tertiary/aromatic N) is 2. The van der Waals surface area contributed by atoms with E-state index in [1.54, 1.807) is 0 Å². The fourth-order valence-electron chi connectivity index (χ4n) is 1.35. The molecule has 0 amide bonds. The maximum absolute atomic E-state index is 5.64. The number of nitrogens with two attached hydrogens (primary N) is 1. The molecule has 0 aliphatic heterocycles. The van der Waals surface area contributed by atoms with Crippen molar-refractivity contribution in [2.75, 3.05) is 5.73 Å². The summed E-state index contributed by atoms with van der Waals surface area (Å²) < 4.78 is 10.7. The van der Waals surface area contributed by atoms with Crippen molar-refractivity contribution in [1.82, 2.24) is 10.2 Å². The van der Waals surface area contributed by atoms with Crippen LogP contribution in [0.3, 0.4) is 0 Å². The minimum atomic E-state index is -0.313. The fourth-order valence-corrected chi connectivity index (χ4v) is 1.35. The number of nitrogen functional groups attached to an aromatic ring is 1. The number of hydrogen-bond donors (Lipinski definition) is 1. The van der Waals surface area contributed by atoms with E-state index in [-0.39, 0.29) is 12.1 Å². The monoisotopic (exact) mass is 219 g/mol. The van der Waals surface area contributed by atoms with E-state index in [1.165, 1.54) is 0 Å². The summed E-state index contributed by atoms with van der Waals surface area (Å²) in [6, 6.07) is 7.80. The van der Waals surface area contributed by atoms with Gasteiger partial charge in [-0.05, 0) is 31.5 Å². The summed E-state index contributed by atoms with van der Waals surface area (Å²) in [4.78, 5) is 0. The fraction of sp³-hybridized carbons (Fsp3) is 0.273. The number of aryl methyl sites for hydroxylation is 1. The number of anilines is 1. The zero-order valence-electron chi connectivity index (χ0n) is 9.18. The van der Waals surface area contributed by atoms with Gasteiger partial charge < -0.3 is 14.9 Å². The Morgan fingerprint density at radius 2 is 2.19 bits per heavy atom.